The molecular weight excluding hydrogens is 310 g/mol. The minimum atomic E-state index is -2.27. The molecule has 0 aromatic heterocycles. The molecule has 0 saturated heterocycles. The first-order valence-electron chi connectivity index (χ1n) is 6.39. The molecule has 0 fully saturated rings. The lowest BCUT2D eigenvalue weighted by Crippen LogP contribution is -2.39. The van der Waals surface area contributed by atoms with Gasteiger partial charge >= 0.3 is 17.9 Å². The van der Waals surface area contributed by atoms with Crippen LogP contribution >= 0.6 is 0 Å². The van der Waals surface area contributed by atoms with E-state index < -0.39 is 24.1 Å². The molecule has 1 rings (SSSR count). The molecule has 0 amide bonds. The van der Waals surface area contributed by atoms with Gasteiger partial charge in [0.15, 0.2) is 12.2 Å². The number of hydrogen-bond acceptors (Lipinski definition) is 7. The number of benzene rings is 1. The smallest absolute Gasteiger partial charge is 0.335 e. The van der Waals surface area contributed by atoms with Crippen LogP contribution in [0.2, 0.25) is 0 Å². The maximum absolute atomic E-state index is 10.9. The van der Waals surface area contributed by atoms with Gasteiger partial charge in [-0.1, -0.05) is 30.3 Å². The number of hydrogen-bond donors (Lipinski definition) is 5. The zero-order chi connectivity index (χ0) is 18.0. The van der Waals surface area contributed by atoms with E-state index in [4.69, 9.17) is 26.2 Å². The van der Waals surface area contributed by atoms with Crippen molar-refractivity contribution in [2.24, 2.45) is 5.73 Å². The van der Waals surface area contributed by atoms with Gasteiger partial charge in [-0.15, -0.1) is 0 Å². The van der Waals surface area contributed by atoms with Crippen molar-refractivity contribution >= 4 is 17.9 Å². The van der Waals surface area contributed by atoms with Crippen molar-refractivity contribution in [3.05, 3.63) is 35.9 Å². The molecule has 1 aromatic rings. The molecule has 0 aliphatic heterocycles. The predicted molar refractivity (Wildman–Crippen MR) is 77.3 cm³/mol. The maximum atomic E-state index is 10.9. The third-order valence-electron chi connectivity index (χ3n) is 2.65. The Morgan fingerprint density at radius 3 is 1.83 bits per heavy atom. The summed E-state index contributed by atoms with van der Waals surface area (Å²) < 4.78 is 4.52. The van der Waals surface area contributed by atoms with Crippen molar-refractivity contribution in [2.75, 3.05) is 7.11 Å². The van der Waals surface area contributed by atoms with Gasteiger partial charge in [-0.2, -0.15) is 0 Å². The zero-order valence-electron chi connectivity index (χ0n) is 12.3. The van der Waals surface area contributed by atoms with E-state index in [1.807, 2.05) is 30.3 Å². The second-order valence-electron chi connectivity index (χ2n) is 4.36. The lowest BCUT2D eigenvalue weighted by molar-refractivity contribution is -0.165. The summed E-state index contributed by atoms with van der Waals surface area (Å²) in [5.74, 6) is -3.82. The first-order valence-corrected chi connectivity index (χ1v) is 6.39. The van der Waals surface area contributed by atoms with Crippen molar-refractivity contribution in [2.45, 2.75) is 24.7 Å². The van der Waals surface area contributed by atoms with Gasteiger partial charge in [0, 0.05) is 6.04 Å². The Bertz CT molecular complexity index is 501. The molecule has 0 bridgehead atoms. The van der Waals surface area contributed by atoms with Crippen LogP contribution in [0.25, 0.3) is 0 Å². The van der Waals surface area contributed by atoms with E-state index in [0.29, 0.717) is 0 Å². The van der Waals surface area contributed by atoms with E-state index in [9.17, 15) is 14.4 Å². The van der Waals surface area contributed by atoms with Gasteiger partial charge in [-0.3, -0.25) is 4.79 Å². The molecule has 0 saturated carbocycles. The lowest BCUT2D eigenvalue weighted by Gasteiger charge is -2.09. The molecule has 1 aromatic carbocycles. The Morgan fingerprint density at radius 2 is 1.48 bits per heavy atom. The average Bonchev–Trinajstić information content (AvgIpc) is 2.54. The topological polar surface area (TPSA) is 167 Å². The largest absolute Gasteiger partial charge is 0.479 e. The molecule has 6 N–H and O–H groups in total. The molecule has 0 aliphatic carbocycles. The molecule has 0 spiro atoms. The normalized spacial score (nSPS) is 13.7. The van der Waals surface area contributed by atoms with E-state index in [-0.39, 0.29) is 18.4 Å². The maximum Gasteiger partial charge on any atom is 0.335 e. The highest BCUT2D eigenvalue weighted by atomic mass is 16.5. The third kappa shape index (κ3) is 7.90. The number of esters is 1. The highest BCUT2D eigenvalue weighted by Crippen LogP contribution is 2.13. The summed E-state index contributed by atoms with van der Waals surface area (Å²) >= 11 is 0. The van der Waals surface area contributed by atoms with Crippen LogP contribution in [0.1, 0.15) is 18.0 Å². The first-order chi connectivity index (χ1) is 10.7. The number of carboxylic acids is 2. The van der Waals surface area contributed by atoms with Crippen molar-refractivity contribution < 1.29 is 39.5 Å². The third-order valence-corrected chi connectivity index (χ3v) is 2.65. The summed E-state index contributed by atoms with van der Waals surface area (Å²) in [4.78, 5) is 30.4. The van der Waals surface area contributed by atoms with Crippen LogP contribution in [0.15, 0.2) is 30.3 Å². The van der Waals surface area contributed by atoms with E-state index in [0.717, 1.165) is 5.56 Å². The molecular formula is C14H19NO8. The SMILES string of the molecule is COC(=O)C[C@H](N)c1ccccc1.O=C(O)[C@H](O)[C@@H](O)C(=O)O. The number of methoxy groups -OCH3 is 1. The number of aliphatic hydroxyl groups excluding tert-OH is 2. The Hall–Kier alpha value is -2.49. The van der Waals surface area contributed by atoms with Crippen molar-refractivity contribution in [1.29, 1.82) is 0 Å². The molecule has 0 heterocycles. The van der Waals surface area contributed by atoms with Gasteiger partial charge in [0.25, 0.3) is 0 Å². The van der Waals surface area contributed by atoms with Crippen molar-refractivity contribution in [3.8, 4) is 0 Å². The molecule has 9 nitrogen and oxygen atoms in total. The van der Waals surface area contributed by atoms with Crippen molar-refractivity contribution in [3.63, 3.8) is 0 Å². The van der Waals surface area contributed by atoms with Crippen molar-refractivity contribution in [1.82, 2.24) is 0 Å². The molecule has 0 radical (unpaired) electrons. The Kier molecular flexibility index (Phi) is 9.16. The molecule has 23 heavy (non-hydrogen) atoms. The minimum absolute atomic E-state index is 0.223. The number of carbonyl (C=O) groups is 3. The molecule has 0 aliphatic rings. The van der Waals surface area contributed by atoms with Crippen LogP contribution < -0.4 is 5.73 Å². The fourth-order valence-corrected chi connectivity index (χ4v) is 1.35. The fourth-order valence-electron chi connectivity index (χ4n) is 1.35. The average molecular weight is 329 g/mol. The highest BCUT2D eigenvalue weighted by molar-refractivity contribution is 5.83. The van der Waals surface area contributed by atoms with E-state index >= 15 is 0 Å². The summed E-state index contributed by atoms with van der Waals surface area (Å²) in [7, 11) is 1.36. The quantitative estimate of drug-likeness (QED) is 0.416. The minimum Gasteiger partial charge on any atom is -0.479 e. The standard InChI is InChI=1S/C10H13NO2.C4H6O6/c1-13-10(12)7-9(11)8-5-3-2-4-6-8;5-1(3(7)8)2(6)4(9)10/h2-6,9H,7,11H2,1H3;1-2,5-6H,(H,7,8)(H,9,10)/t9-;1-,2-/m01/s1. The molecule has 3 atom stereocenters. The Morgan fingerprint density at radius 1 is 1.04 bits per heavy atom. The first kappa shape index (κ1) is 20.5. The number of carbonyl (C=O) groups excluding carboxylic acids is 1. The van der Waals surface area contributed by atoms with Crippen LogP contribution in [0, 0.1) is 0 Å². The highest BCUT2D eigenvalue weighted by Gasteiger charge is 2.29. The van der Waals surface area contributed by atoms with Gasteiger partial charge in [-0.05, 0) is 5.56 Å². The summed E-state index contributed by atoms with van der Waals surface area (Å²) in [5.41, 5.74) is 6.72. The molecule has 9 heteroatoms. The van der Waals surface area contributed by atoms with Gasteiger partial charge in [-0.25, -0.2) is 9.59 Å². The number of ether oxygens (including phenoxy) is 1. The number of aliphatic hydroxyl groups is 2. The van der Waals surface area contributed by atoms with Crippen LogP contribution in [0.3, 0.4) is 0 Å². The second kappa shape index (κ2) is 10.3. The second-order valence-corrected chi connectivity index (χ2v) is 4.36. The summed E-state index contributed by atoms with van der Waals surface area (Å²) in [6.07, 6.45) is -4.31. The van der Waals surface area contributed by atoms with Gasteiger partial charge in [0.1, 0.15) is 0 Å². The number of rotatable bonds is 6. The zero-order valence-corrected chi connectivity index (χ0v) is 12.3. The lowest BCUT2D eigenvalue weighted by atomic mass is 10.1. The number of aliphatic carboxylic acids is 2. The van der Waals surface area contributed by atoms with Gasteiger partial charge in [0.2, 0.25) is 0 Å². The Balaban J connectivity index is 0.000000438. The summed E-state index contributed by atoms with van der Waals surface area (Å²) in [6, 6.07) is 9.22. The van der Waals surface area contributed by atoms with Crippen LogP contribution in [-0.4, -0.2) is 57.7 Å². The number of carboxylic acid groups (broad SMARTS) is 2. The molecule has 128 valence electrons. The van der Waals surface area contributed by atoms with Crippen LogP contribution in [0.5, 0.6) is 0 Å². The summed E-state index contributed by atoms with van der Waals surface area (Å²) in [6.45, 7) is 0. The monoisotopic (exact) mass is 329 g/mol. The summed E-state index contributed by atoms with van der Waals surface area (Å²) in [5, 5.41) is 32.5. The van der Waals surface area contributed by atoms with E-state index in [1.165, 1.54) is 7.11 Å². The van der Waals surface area contributed by atoms with Crippen LogP contribution in [-0.2, 0) is 19.1 Å². The molecule has 0 unspecified atom stereocenters. The van der Waals surface area contributed by atoms with E-state index in [1.54, 1.807) is 0 Å². The van der Waals surface area contributed by atoms with E-state index in [2.05, 4.69) is 4.74 Å². The number of nitrogens with two attached hydrogens (primary N) is 1. The van der Waals surface area contributed by atoms with Gasteiger partial charge in [0.05, 0.1) is 13.5 Å². The predicted octanol–water partition coefficient (Wildman–Crippen LogP) is -0.873. The van der Waals surface area contributed by atoms with Crippen LogP contribution in [0.4, 0.5) is 0 Å². The van der Waals surface area contributed by atoms with Gasteiger partial charge < -0.3 is 30.9 Å². The fraction of sp³-hybridized carbons (Fsp3) is 0.357. The Labute approximate surface area is 131 Å².